The smallest absolute Gasteiger partial charge is 0.208 e. The summed E-state index contributed by atoms with van der Waals surface area (Å²) in [4.78, 5) is 9.33. The van der Waals surface area contributed by atoms with Gasteiger partial charge >= 0.3 is 0 Å². The minimum Gasteiger partial charge on any atom is -0.339 e. The Hall–Kier alpha value is -0.810. The van der Waals surface area contributed by atoms with E-state index < -0.39 is 0 Å². The second-order valence-electron chi connectivity index (χ2n) is 5.48. The van der Waals surface area contributed by atoms with Crippen molar-refractivity contribution >= 4 is 5.96 Å². The van der Waals surface area contributed by atoms with Crippen LogP contribution in [0.3, 0.4) is 0 Å². The lowest BCUT2D eigenvalue weighted by Crippen LogP contribution is -2.55. The Morgan fingerprint density at radius 2 is 1.83 bits per heavy atom. The minimum atomic E-state index is 0.565. The molecule has 0 amide bonds. The second kappa shape index (κ2) is 7.59. The first-order valence-electron chi connectivity index (χ1n) is 7.08. The first kappa shape index (κ1) is 15.2. The maximum absolute atomic E-state index is 5.57. The summed E-state index contributed by atoms with van der Waals surface area (Å²) in [5.41, 5.74) is 2.74. The number of piperazine rings is 1. The molecule has 18 heavy (non-hydrogen) atoms. The molecule has 1 saturated heterocycles. The van der Waals surface area contributed by atoms with Crippen LogP contribution in [0.4, 0.5) is 0 Å². The SMILES string of the molecule is CCC(C)N1CCN(C(=NCC(C)C)NN)CC1. The minimum absolute atomic E-state index is 0.565. The predicted octanol–water partition coefficient (Wildman–Crippen LogP) is 0.878. The van der Waals surface area contributed by atoms with Crippen LogP contribution in [0, 0.1) is 5.92 Å². The zero-order valence-electron chi connectivity index (χ0n) is 12.3. The van der Waals surface area contributed by atoms with E-state index >= 15 is 0 Å². The first-order valence-corrected chi connectivity index (χ1v) is 7.08. The molecule has 0 aliphatic carbocycles. The largest absolute Gasteiger partial charge is 0.339 e. The highest BCUT2D eigenvalue weighted by atomic mass is 15.4. The average Bonchev–Trinajstić information content (AvgIpc) is 2.39. The Morgan fingerprint density at radius 3 is 2.28 bits per heavy atom. The Kier molecular flexibility index (Phi) is 6.43. The van der Waals surface area contributed by atoms with Gasteiger partial charge in [-0.25, -0.2) is 5.84 Å². The summed E-state index contributed by atoms with van der Waals surface area (Å²) in [6.07, 6.45) is 1.21. The molecule has 5 nitrogen and oxygen atoms in total. The van der Waals surface area contributed by atoms with Crippen molar-refractivity contribution in [2.24, 2.45) is 16.8 Å². The number of hydrazine groups is 1. The fourth-order valence-corrected chi connectivity index (χ4v) is 2.14. The van der Waals surface area contributed by atoms with Crippen LogP contribution in [-0.2, 0) is 0 Å². The average molecular weight is 255 g/mol. The highest BCUT2D eigenvalue weighted by Crippen LogP contribution is 2.08. The Morgan fingerprint density at radius 1 is 1.22 bits per heavy atom. The zero-order chi connectivity index (χ0) is 13.5. The summed E-state index contributed by atoms with van der Waals surface area (Å²) in [5, 5.41) is 0. The van der Waals surface area contributed by atoms with Gasteiger partial charge in [0.15, 0.2) is 0 Å². The molecule has 1 aliphatic heterocycles. The van der Waals surface area contributed by atoms with Crippen LogP contribution in [-0.4, -0.2) is 54.5 Å². The normalized spacial score (nSPS) is 20.3. The van der Waals surface area contributed by atoms with Crippen molar-refractivity contribution in [3.05, 3.63) is 0 Å². The summed E-state index contributed by atoms with van der Waals surface area (Å²) in [6, 6.07) is 0.675. The third-order valence-electron chi connectivity index (χ3n) is 3.56. The van der Waals surface area contributed by atoms with Gasteiger partial charge in [-0.05, 0) is 19.3 Å². The number of nitrogens with zero attached hydrogens (tertiary/aromatic N) is 3. The van der Waals surface area contributed by atoms with Crippen molar-refractivity contribution < 1.29 is 0 Å². The fraction of sp³-hybridized carbons (Fsp3) is 0.923. The molecule has 0 radical (unpaired) electrons. The molecule has 106 valence electrons. The van der Waals surface area contributed by atoms with E-state index in [-0.39, 0.29) is 0 Å². The number of aliphatic imine (C=N–C) groups is 1. The summed E-state index contributed by atoms with van der Waals surface area (Å²) in [6.45, 7) is 13.9. The maximum Gasteiger partial charge on any atom is 0.208 e. The van der Waals surface area contributed by atoms with E-state index in [0.29, 0.717) is 12.0 Å². The Bertz CT molecular complexity index is 256. The summed E-state index contributed by atoms with van der Waals surface area (Å²) in [7, 11) is 0. The van der Waals surface area contributed by atoms with Gasteiger partial charge in [0.2, 0.25) is 5.96 Å². The zero-order valence-corrected chi connectivity index (χ0v) is 12.3. The summed E-state index contributed by atoms with van der Waals surface area (Å²) >= 11 is 0. The van der Waals surface area contributed by atoms with Gasteiger partial charge in [-0.3, -0.25) is 15.3 Å². The van der Waals surface area contributed by atoms with E-state index in [1.807, 2.05) is 0 Å². The van der Waals surface area contributed by atoms with Gasteiger partial charge in [-0.15, -0.1) is 0 Å². The topological polar surface area (TPSA) is 56.9 Å². The van der Waals surface area contributed by atoms with Gasteiger partial charge in [0.1, 0.15) is 0 Å². The van der Waals surface area contributed by atoms with Crippen molar-refractivity contribution in [1.82, 2.24) is 15.2 Å². The molecule has 0 aromatic carbocycles. The molecule has 5 heteroatoms. The van der Waals surface area contributed by atoms with E-state index in [9.17, 15) is 0 Å². The fourth-order valence-electron chi connectivity index (χ4n) is 2.14. The number of nitrogens with one attached hydrogen (secondary N) is 1. The molecule has 0 aromatic heterocycles. The molecule has 1 rings (SSSR count). The lowest BCUT2D eigenvalue weighted by molar-refractivity contribution is 0.135. The molecule has 1 heterocycles. The van der Waals surface area contributed by atoms with Crippen LogP contribution in [0.15, 0.2) is 4.99 Å². The van der Waals surface area contributed by atoms with E-state index in [4.69, 9.17) is 5.84 Å². The third kappa shape index (κ3) is 4.46. The van der Waals surface area contributed by atoms with Crippen LogP contribution >= 0.6 is 0 Å². The van der Waals surface area contributed by atoms with Gasteiger partial charge in [-0.2, -0.15) is 0 Å². The standard InChI is InChI=1S/C13H29N5/c1-5-12(4)17-6-8-18(9-7-17)13(16-14)15-10-11(2)3/h11-12H,5-10,14H2,1-4H3,(H,15,16). The van der Waals surface area contributed by atoms with Gasteiger partial charge in [-0.1, -0.05) is 20.8 Å². The number of hydrogen-bond acceptors (Lipinski definition) is 3. The van der Waals surface area contributed by atoms with Crippen LogP contribution in [0.25, 0.3) is 0 Å². The third-order valence-corrected chi connectivity index (χ3v) is 3.56. The highest BCUT2D eigenvalue weighted by Gasteiger charge is 2.21. The number of guanidine groups is 1. The molecule has 1 unspecified atom stereocenters. The second-order valence-corrected chi connectivity index (χ2v) is 5.48. The van der Waals surface area contributed by atoms with E-state index in [1.54, 1.807) is 0 Å². The maximum atomic E-state index is 5.57. The van der Waals surface area contributed by atoms with Gasteiger partial charge in [0.05, 0.1) is 0 Å². The van der Waals surface area contributed by atoms with Gasteiger partial charge in [0.25, 0.3) is 0 Å². The summed E-state index contributed by atoms with van der Waals surface area (Å²) < 4.78 is 0. The number of nitrogens with two attached hydrogens (primary N) is 1. The number of rotatable bonds is 4. The quantitative estimate of drug-likeness (QED) is 0.339. The molecule has 1 aliphatic rings. The van der Waals surface area contributed by atoms with Crippen molar-refractivity contribution in [3.8, 4) is 0 Å². The molecular formula is C13H29N5. The Balaban J connectivity index is 2.47. The van der Waals surface area contributed by atoms with Gasteiger partial charge < -0.3 is 4.90 Å². The lowest BCUT2D eigenvalue weighted by atomic mass is 10.2. The first-order chi connectivity index (χ1) is 8.58. The van der Waals surface area contributed by atoms with Crippen LogP contribution < -0.4 is 11.3 Å². The summed E-state index contributed by atoms with van der Waals surface area (Å²) in [5.74, 6) is 6.98. The monoisotopic (exact) mass is 255 g/mol. The van der Waals surface area contributed by atoms with Crippen molar-refractivity contribution in [2.45, 2.75) is 40.2 Å². The van der Waals surface area contributed by atoms with Crippen LogP contribution in [0.5, 0.6) is 0 Å². The molecule has 0 saturated carbocycles. The van der Waals surface area contributed by atoms with Crippen LogP contribution in [0.1, 0.15) is 34.1 Å². The molecule has 1 atom stereocenters. The van der Waals surface area contributed by atoms with Crippen LogP contribution in [0.2, 0.25) is 0 Å². The predicted molar refractivity (Wildman–Crippen MR) is 77.4 cm³/mol. The van der Waals surface area contributed by atoms with Gasteiger partial charge in [0, 0.05) is 38.8 Å². The van der Waals surface area contributed by atoms with Crippen molar-refractivity contribution in [2.75, 3.05) is 32.7 Å². The molecule has 0 bridgehead atoms. The lowest BCUT2D eigenvalue weighted by Gasteiger charge is -2.38. The molecule has 0 spiro atoms. The van der Waals surface area contributed by atoms with E-state index in [1.165, 1.54) is 6.42 Å². The van der Waals surface area contributed by atoms with E-state index in [0.717, 1.165) is 38.7 Å². The van der Waals surface area contributed by atoms with Crippen molar-refractivity contribution in [3.63, 3.8) is 0 Å². The Labute approximate surface area is 111 Å². The van der Waals surface area contributed by atoms with E-state index in [2.05, 4.69) is 47.9 Å². The molecule has 3 N–H and O–H groups in total. The molecule has 0 aromatic rings. The number of hydrogen-bond donors (Lipinski definition) is 2. The highest BCUT2D eigenvalue weighted by molar-refractivity contribution is 5.79. The molecular weight excluding hydrogens is 226 g/mol. The molecule has 1 fully saturated rings. The van der Waals surface area contributed by atoms with Crippen molar-refractivity contribution in [1.29, 1.82) is 0 Å².